The SMILES string of the molecule is COC(C)(C)C(CCC(C)C)NN. The maximum atomic E-state index is 5.49. The number of nitrogens with two attached hydrogens (primary N) is 1. The molecule has 0 aliphatic carbocycles. The molecule has 1 unspecified atom stereocenters. The molecular weight excluding hydrogens is 164 g/mol. The van der Waals surface area contributed by atoms with Crippen LogP contribution in [0.2, 0.25) is 0 Å². The molecule has 0 aromatic rings. The van der Waals surface area contributed by atoms with E-state index >= 15 is 0 Å². The molecule has 13 heavy (non-hydrogen) atoms. The Kier molecular flexibility index (Phi) is 5.53. The lowest BCUT2D eigenvalue weighted by Gasteiger charge is -2.33. The molecule has 0 spiro atoms. The van der Waals surface area contributed by atoms with Crippen molar-refractivity contribution >= 4 is 0 Å². The molecule has 0 radical (unpaired) electrons. The molecule has 0 rings (SSSR count). The van der Waals surface area contributed by atoms with Gasteiger partial charge in [-0.3, -0.25) is 11.3 Å². The molecule has 0 amide bonds. The summed E-state index contributed by atoms with van der Waals surface area (Å²) in [6.45, 7) is 8.54. The van der Waals surface area contributed by atoms with Crippen molar-refractivity contribution in [2.24, 2.45) is 11.8 Å². The standard InChI is InChI=1S/C10H24N2O/c1-8(2)6-7-9(12-11)10(3,4)13-5/h8-9,12H,6-7,11H2,1-5H3. The van der Waals surface area contributed by atoms with E-state index in [1.54, 1.807) is 7.11 Å². The van der Waals surface area contributed by atoms with Crippen molar-refractivity contribution in [2.45, 2.75) is 52.2 Å². The van der Waals surface area contributed by atoms with E-state index < -0.39 is 0 Å². The van der Waals surface area contributed by atoms with Gasteiger partial charge in [-0.2, -0.15) is 0 Å². The van der Waals surface area contributed by atoms with E-state index in [4.69, 9.17) is 10.6 Å². The molecule has 0 fully saturated rings. The van der Waals surface area contributed by atoms with Crippen molar-refractivity contribution in [3.05, 3.63) is 0 Å². The van der Waals surface area contributed by atoms with Gasteiger partial charge in [0, 0.05) is 13.2 Å². The van der Waals surface area contributed by atoms with Crippen LogP contribution in [0, 0.1) is 5.92 Å². The van der Waals surface area contributed by atoms with E-state index in [1.807, 2.05) is 0 Å². The summed E-state index contributed by atoms with van der Waals surface area (Å²) < 4.78 is 5.38. The summed E-state index contributed by atoms with van der Waals surface area (Å²) in [5.74, 6) is 6.20. The normalized spacial score (nSPS) is 15.0. The number of methoxy groups -OCH3 is 1. The first kappa shape index (κ1) is 12.9. The molecule has 80 valence electrons. The van der Waals surface area contributed by atoms with Gasteiger partial charge in [-0.15, -0.1) is 0 Å². The second kappa shape index (κ2) is 5.58. The summed E-state index contributed by atoms with van der Waals surface area (Å²) in [7, 11) is 1.72. The lowest BCUT2D eigenvalue weighted by molar-refractivity contribution is -0.0138. The first-order valence-electron chi connectivity index (χ1n) is 4.95. The van der Waals surface area contributed by atoms with Crippen LogP contribution in [0.25, 0.3) is 0 Å². The Labute approximate surface area is 82.0 Å². The first-order chi connectivity index (χ1) is 5.94. The van der Waals surface area contributed by atoms with Gasteiger partial charge in [-0.05, 0) is 32.6 Å². The Morgan fingerprint density at radius 3 is 2.15 bits per heavy atom. The zero-order valence-electron chi connectivity index (χ0n) is 9.55. The highest BCUT2D eigenvalue weighted by Crippen LogP contribution is 2.19. The predicted molar refractivity (Wildman–Crippen MR) is 56.3 cm³/mol. The summed E-state index contributed by atoms with van der Waals surface area (Å²) in [5.41, 5.74) is 2.63. The van der Waals surface area contributed by atoms with Crippen molar-refractivity contribution in [3.63, 3.8) is 0 Å². The third-order valence-corrected chi connectivity index (χ3v) is 2.60. The molecule has 0 saturated carbocycles. The average Bonchev–Trinajstić information content (AvgIpc) is 2.04. The van der Waals surface area contributed by atoms with E-state index in [9.17, 15) is 0 Å². The molecule has 3 heteroatoms. The van der Waals surface area contributed by atoms with Crippen molar-refractivity contribution in [1.82, 2.24) is 5.43 Å². The molecule has 0 aromatic heterocycles. The zero-order valence-corrected chi connectivity index (χ0v) is 9.55. The third kappa shape index (κ3) is 4.60. The smallest absolute Gasteiger partial charge is 0.0788 e. The first-order valence-corrected chi connectivity index (χ1v) is 4.95. The Hall–Kier alpha value is -0.120. The van der Waals surface area contributed by atoms with Crippen LogP contribution in [-0.2, 0) is 4.74 Å². The van der Waals surface area contributed by atoms with Gasteiger partial charge < -0.3 is 4.74 Å². The quantitative estimate of drug-likeness (QED) is 0.492. The number of rotatable bonds is 6. The number of nitrogens with one attached hydrogen (secondary N) is 1. The van der Waals surface area contributed by atoms with Crippen LogP contribution in [0.3, 0.4) is 0 Å². The van der Waals surface area contributed by atoms with Crippen LogP contribution < -0.4 is 11.3 Å². The van der Waals surface area contributed by atoms with E-state index in [2.05, 4.69) is 33.1 Å². The topological polar surface area (TPSA) is 47.3 Å². The van der Waals surface area contributed by atoms with Gasteiger partial charge in [0.25, 0.3) is 0 Å². The Morgan fingerprint density at radius 1 is 1.31 bits per heavy atom. The minimum absolute atomic E-state index is 0.191. The van der Waals surface area contributed by atoms with Crippen LogP contribution in [-0.4, -0.2) is 18.8 Å². The van der Waals surface area contributed by atoms with Crippen LogP contribution >= 0.6 is 0 Å². The third-order valence-electron chi connectivity index (χ3n) is 2.60. The molecular formula is C10H24N2O. The van der Waals surface area contributed by atoms with Crippen molar-refractivity contribution < 1.29 is 4.74 Å². The van der Waals surface area contributed by atoms with Crippen LogP contribution in [0.15, 0.2) is 0 Å². The van der Waals surface area contributed by atoms with Gasteiger partial charge in [0.05, 0.1) is 5.60 Å². The number of hydrogen-bond donors (Lipinski definition) is 2. The Balaban J connectivity index is 4.02. The van der Waals surface area contributed by atoms with E-state index in [0.717, 1.165) is 6.42 Å². The second-order valence-corrected chi connectivity index (χ2v) is 4.50. The van der Waals surface area contributed by atoms with Gasteiger partial charge in [0.15, 0.2) is 0 Å². The highest BCUT2D eigenvalue weighted by molar-refractivity contribution is 4.83. The number of hydrogen-bond acceptors (Lipinski definition) is 3. The second-order valence-electron chi connectivity index (χ2n) is 4.50. The fourth-order valence-electron chi connectivity index (χ4n) is 1.27. The fourth-order valence-corrected chi connectivity index (χ4v) is 1.27. The Morgan fingerprint density at radius 2 is 1.85 bits per heavy atom. The van der Waals surface area contributed by atoms with Gasteiger partial charge in [-0.1, -0.05) is 13.8 Å². The molecule has 0 aromatic carbocycles. The van der Waals surface area contributed by atoms with Crippen LogP contribution in [0.5, 0.6) is 0 Å². The number of ether oxygens (including phenoxy) is 1. The molecule has 3 N–H and O–H groups in total. The van der Waals surface area contributed by atoms with Crippen molar-refractivity contribution in [2.75, 3.05) is 7.11 Å². The monoisotopic (exact) mass is 188 g/mol. The average molecular weight is 188 g/mol. The minimum Gasteiger partial charge on any atom is -0.377 e. The summed E-state index contributed by atoms with van der Waals surface area (Å²) in [6.07, 6.45) is 2.22. The molecule has 1 atom stereocenters. The molecule has 3 nitrogen and oxygen atoms in total. The van der Waals surface area contributed by atoms with E-state index in [0.29, 0.717) is 5.92 Å². The van der Waals surface area contributed by atoms with E-state index in [1.165, 1.54) is 6.42 Å². The zero-order chi connectivity index (χ0) is 10.5. The molecule has 0 bridgehead atoms. The molecule has 0 heterocycles. The largest absolute Gasteiger partial charge is 0.377 e. The maximum Gasteiger partial charge on any atom is 0.0788 e. The minimum atomic E-state index is -0.191. The van der Waals surface area contributed by atoms with E-state index in [-0.39, 0.29) is 11.6 Å². The summed E-state index contributed by atoms with van der Waals surface area (Å²) in [5, 5.41) is 0. The number of hydrazine groups is 1. The van der Waals surface area contributed by atoms with Gasteiger partial charge in [0.2, 0.25) is 0 Å². The lowest BCUT2D eigenvalue weighted by Crippen LogP contribution is -2.51. The highest BCUT2D eigenvalue weighted by atomic mass is 16.5. The predicted octanol–water partition coefficient (Wildman–Crippen LogP) is 1.68. The van der Waals surface area contributed by atoms with Crippen LogP contribution in [0.4, 0.5) is 0 Å². The lowest BCUT2D eigenvalue weighted by atomic mass is 9.92. The molecule has 0 saturated heterocycles. The van der Waals surface area contributed by atoms with Crippen molar-refractivity contribution in [3.8, 4) is 0 Å². The van der Waals surface area contributed by atoms with Crippen molar-refractivity contribution in [1.29, 1.82) is 0 Å². The summed E-state index contributed by atoms with van der Waals surface area (Å²) >= 11 is 0. The van der Waals surface area contributed by atoms with Gasteiger partial charge in [0.1, 0.15) is 0 Å². The van der Waals surface area contributed by atoms with Gasteiger partial charge >= 0.3 is 0 Å². The highest BCUT2D eigenvalue weighted by Gasteiger charge is 2.27. The summed E-state index contributed by atoms with van der Waals surface area (Å²) in [6, 6.07) is 0.222. The Bertz CT molecular complexity index is 135. The van der Waals surface area contributed by atoms with Crippen LogP contribution in [0.1, 0.15) is 40.5 Å². The van der Waals surface area contributed by atoms with Gasteiger partial charge in [-0.25, -0.2) is 0 Å². The summed E-state index contributed by atoms with van der Waals surface area (Å²) in [4.78, 5) is 0. The fraction of sp³-hybridized carbons (Fsp3) is 1.00. The molecule has 0 aliphatic rings. The maximum absolute atomic E-state index is 5.49. The molecule has 0 aliphatic heterocycles.